The average Bonchev–Trinajstić information content (AvgIpc) is 3.23. The number of rotatable bonds is 5. The highest BCUT2D eigenvalue weighted by Crippen LogP contribution is 2.50. The first kappa shape index (κ1) is 22.6. The zero-order valence-corrected chi connectivity index (χ0v) is 19.7. The largest absolute Gasteiger partial charge is 0.360 e. The first-order valence-electron chi connectivity index (χ1n) is 11.5. The molecule has 2 aliphatic heterocycles. The van der Waals surface area contributed by atoms with Crippen molar-refractivity contribution in [2.75, 3.05) is 25.2 Å². The Balaban J connectivity index is 1.60. The number of hydrazine groups is 1. The minimum atomic E-state index is -3.18. The molecule has 7 heteroatoms. The predicted molar refractivity (Wildman–Crippen MR) is 123 cm³/mol. The van der Waals surface area contributed by atoms with Crippen LogP contribution in [0.4, 0.5) is 0 Å². The van der Waals surface area contributed by atoms with Crippen LogP contribution in [0.2, 0.25) is 0 Å². The van der Waals surface area contributed by atoms with Crippen LogP contribution < -0.4 is 10.9 Å². The average molecular weight is 453 g/mol. The summed E-state index contributed by atoms with van der Waals surface area (Å²) in [5.74, 6) is 1.57. The molecule has 4 rings (SSSR count). The van der Waals surface area contributed by atoms with Gasteiger partial charge in [0.25, 0.3) is 0 Å². The van der Waals surface area contributed by atoms with Crippen LogP contribution in [0.3, 0.4) is 0 Å². The molecule has 1 saturated carbocycles. The third-order valence-corrected chi connectivity index (χ3v) is 9.72. The molecule has 0 radical (unpaired) electrons. The zero-order chi connectivity index (χ0) is 21.0. The van der Waals surface area contributed by atoms with Crippen LogP contribution in [0.15, 0.2) is 29.2 Å². The number of sulfone groups is 1. The Morgan fingerprint density at radius 1 is 1.07 bits per heavy atom. The fraction of sp³-hybridized carbons (Fsp3) is 0.739. The van der Waals surface area contributed by atoms with Crippen LogP contribution in [0.25, 0.3) is 0 Å². The van der Waals surface area contributed by atoms with E-state index in [4.69, 9.17) is 4.74 Å². The number of thioether (sulfide) groups is 1. The third kappa shape index (κ3) is 5.07. The molecule has 0 amide bonds. The molecule has 0 aromatic heterocycles. The summed E-state index contributed by atoms with van der Waals surface area (Å²) >= 11 is 2.04. The summed E-state index contributed by atoms with van der Waals surface area (Å²) < 4.78 is 30.4. The van der Waals surface area contributed by atoms with Gasteiger partial charge in [-0.2, -0.15) is 11.8 Å². The van der Waals surface area contributed by atoms with Gasteiger partial charge in [-0.15, -0.1) is 0 Å². The fourth-order valence-corrected chi connectivity index (χ4v) is 7.35. The van der Waals surface area contributed by atoms with Gasteiger partial charge in [0.1, 0.15) is 6.23 Å². The van der Waals surface area contributed by atoms with Crippen LogP contribution in [0, 0.1) is 5.41 Å². The Bertz CT molecular complexity index is 783. The van der Waals surface area contributed by atoms with Crippen molar-refractivity contribution in [2.24, 2.45) is 5.41 Å². The first-order chi connectivity index (χ1) is 14.5. The summed E-state index contributed by atoms with van der Waals surface area (Å²) in [4.78, 5) is 0.394. The second kappa shape index (κ2) is 9.90. The molecule has 2 saturated heterocycles. The van der Waals surface area contributed by atoms with Crippen LogP contribution in [-0.4, -0.2) is 45.1 Å². The summed E-state index contributed by atoms with van der Waals surface area (Å²) in [7, 11) is -3.18. The molecule has 30 heavy (non-hydrogen) atoms. The number of ether oxygens (including phenoxy) is 1. The lowest BCUT2D eigenvalue weighted by atomic mass is 9.63. The first-order valence-corrected chi connectivity index (χ1v) is 14.4. The summed E-state index contributed by atoms with van der Waals surface area (Å²) in [6.07, 6.45) is 12.5. The Morgan fingerprint density at radius 2 is 1.77 bits per heavy atom. The normalized spacial score (nSPS) is 30.1. The predicted octanol–water partition coefficient (Wildman–Crippen LogP) is 4.25. The van der Waals surface area contributed by atoms with E-state index in [1.165, 1.54) is 62.5 Å². The smallest absolute Gasteiger partial charge is 0.175 e. The van der Waals surface area contributed by atoms with Gasteiger partial charge in [0.2, 0.25) is 0 Å². The van der Waals surface area contributed by atoms with Gasteiger partial charge in [-0.1, -0.05) is 44.2 Å². The Kier molecular flexibility index (Phi) is 7.46. The minimum absolute atomic E-state index is 0.00913. The molecule has 168 valence electrons. The molecule has 3 unspecified atom stereocenters. The lowest BCUT2D eigenvalue weighted by molar-refractivity contribution is -0.113. The van der Waals surface area contributed by atoms with E-state index in [0.717, 1.165) is 26.0 Å². The molecule has 3 atom stereocenters. The van der Waals surface area contributed by atoms with E-state index in [0.29, 0.717) is 16.1 Å². The van der Waals surface area contributed by atoms with Crippen molar-refractivity contribution in [3.05, 3.63) is 29.8 Å². The van der Waals surface area contributed by atoms with Gasteiger partial charge in [0.05, 0.1) is 11.5 Å². The SMILES string of the molecule is CS(=O)(=O)c1ccc(C2CNNC(OCC3CCCS3)C23CCCCCCC3)cc1. The maximum Gasteiger partial charge on any atom is 0.175 e. The topological polar surface area (TPSA) is 67.4 Å². The molecule has 3 fully saturated rings. The maximum absolute atomic E-state index is 11.9. The van der Waals surface area contributed by atoms with Gasteiger partial charge < -0.3 is 4.74 Å². The second-order valence-electron chi connectivity index (χ2n) is 9.27. The molecule has 1 aromatic carbocycles. The van der Waals surface area contributed by atoms with Crippen molar-refractivity contribution in [3.63, 3.8) is 0 Å². The van der Waals surface area contributed by atoms with E-state index < -0.39 is 9.84 Å². The summed E-state index contributed by atoms with van der Waals surface area (Å²) in [6.45, 7) is 1.65. The molecular formula is C23H36N2O3S2. The lowest BCUT2D eigenvalue weighted by Crippen LogP contribution is -2.62. The second-order valence-corrected chi connectivity index (χ2v) is 12.7. The van der Waals surface area contributed by atoms with E-state index >= 15 is 0 Å². The van der Waals surface area contributed by atoms with Gasteiger partial charge in [0, 0.05) is 29.4 Å². The maximum atomic E-state index is 11.9. The van der Waals surface area contributed by atoms with Gasteiger partial charge in [-0.25, -0.2) is 13.8 Å². The fourth-order valence-electron chi connectivity index (χ4n) is 5.54. The summed E-state index contributed by atoms with van der Waals surface area (Å²) in [5, 5.41) is 0.617. The van der Waals surface area contributed by atoms with Gasteiger partial charge in [-0.3, -0.25) is 5.43 Å². The van der Waals surface area contributed by atoms with E-state index in [1.807, 2.05) is 23.9 Å². The Hall–Kier alpha value is -0.600. The standard InChI is InChI=1S/C23H36N2O3S2/c1-30(26,27)20-11-9-18(10-12-20)21-16-24-25-22(28-17-19-8-7-15-29-19)23(21)13-5-3-2-4-6-14-23/h9-12,19,21-22,24-25H,2-8,13-17H2,1H3. The van der Waals surface area contributed by atoms with Crippen LogP contribution in [0.1, 0.15) is 69.3 Å². The van der Waals surface area contributed by atoms with Crippen LogP contribution in [-0.2, 0) is 14.6 Å². The minimum Gasteiger partial charge on any atom is -0.360 e. The molecule has 1 spiro atoms. The Labute approximate surface area is 186 Å². The highest BCUT2D eigenvalue weighted by molar-refractivity contribution is 8.00. The molecule has 3 aliphatic rings. The van der Waals surface area contributed by atoms with E-state index in [2.05, 4.69) is 10.9 Å². The van der Waals surface area contributed by atoms with Crippen molar-refractivity contribution in [2.45, 2.75) is 80.1 Å². The number of nitrogens with one attached hydrogen (secondary N) is 2. The number of hydrogen-bond donors (Lipinski definition) is 2. The van der Waals surface area contributed by atoms with E-state index in [9.17, 15) is 8.42 Å². The van der Waals surface area contributed by atoms with Crippen molar-refractivity contribution in [3.8, 4) is 0 Å². The van der Waals surface area contributed by atoms with Crippen molar-refractivity contribution >= 4 is 21.6 Å². The molecule has 0 bridgehead atoms. The summed E-state index contributed by atoms with van der Waals surface area (Å²) in [5.41, 5.74) is 8.19. The quantitative estimate of drug-likeness (QED) is 0.696. The molecular weight excluding hydrogens is 416 g/mol. The van der Waals surface area contributed by atoms with Crippen LogP contribution >= 0.6 is 11.8 Å². The lowest BCUT2D eigenvalue weighted by Gasteiger charge is -2.51. The van der Waals surface area contributed by atoms with Gasteiger partial charge in [-0.05, 0) is 49.1 Å². The van der Waals surface area contributed by atoms with Gasteiger partial charge >= 0.3 is 0 Å². The monoisotopic (exact) mass is 452 g/mol. The summed E-state index contributed by atoms with van der Waals surface area (Å²) in [6, 6.07) is 7.60. The molecule has 5 nitrogen and oxygen atoms in total. The molecule has 2 N–H and O–H groups in total. The highest BCUT2D eigenvalue weighted by Gasteiger charge is 2.48. The van der Waals surface area contributed by atoms with E-state index in [1.54, 1.807) is 12.1 Å². The molecule has 1 aliphatic carbocycles. The number of hydrogen-bond acceptors (Lipinski definition) is 6. The third-order valence-electron chi connectivity index (χ3n) is 7.22. The zero-order valence-electron chi connectivity index (χ0n) is 18.1. The van der Waals surface area contributed by atoms with Crippen molar-refractivity contribution < 1.29 is 13.2 Å². The van der Waals surface area contributed by atoms with Crippen molar-refractivity contribution in [1.29, 1.82) is 0 Å². The van der Waals surface area contributed by atoms with Crippen LogP contribution in [0.5, 0.6) is 0 Å². The van der Waals surface area contributed by atoms with Gasteiger partial charge in [0.15, 0.2) is 9.84 Å². The molecule has 2 heterocycles. The van der Waals surface area contributed by atoms with E-state index in [-0.39, 0.29) is 11.6 Å². The highest BCUT2D eigenvalue weighted by atomic mass is 32.2. The Morgan fingerprint density at radius 3 is 2.40 bits per heavy atom. The number of benzene rings is 1. The van der Waals surface area contributed by atoms with Crippen molar-refractivity contribution in [1.82, 2.24) is 10.9 Å². The molecule has 1 aromatic rings.